The van der Waals surface area contributed by atoms with E-state index in [0.717, 1.165) is 0 Å². The van der Waals surface area contributed by atoms with Gasteiger partial charge in [-0.2, -0.15) is 0 Å². The Balaban J connectivity index is 2.39. The highest BCUT2D eigenvalue weighted by molar-refractivity contribution is 5.90. The molecule has 1 aromatic carbocycles. The second-order valence-electron chi connectivity index (χ2n) is 4.58. The van der Waals surface area contributed by atoms with Gasteiger partial charge in [-0.15, -0.1) is 0 Å². The van der Waals surface area contributed by atoms with Crippen LogP contribution in [0.2, 0.25) is 0 Å². The van der Waals surface area contributed by atoms with Crippen LogP contribution in [0.25, 0.3) is 0 Å². The number of carbonyl (C=O) groups excluding carboxylic acids is 1. The number of phenolic OH excluding ortho intramolecular Hbond substituents is 1. The van der Waals surface area contributed by atoms with Gasteiger partial charge in [0.2, 0.25) is 0 Å². The van der Waals surface area contributed by atoms with Crippen LogP contribution in [-0.4, -0.2) is 36.0 Å². The van der Waals surface area contributed by atoms with Crippen LogP contribution in [0.4, 0.5) is 0 Å². The van der Waals surface area contributed by atoms with Gasteiger partial charge < -0.3 is 19.7 Å². The second kappa shape index (κ2) is 4.49. The first-order valence-corrected chi connectivity index (χ1v) is 5.69. The molecule has 2 N–H and O–H groups in total. The van der Waals surface area contributed by atoms with Crippen molar-refractivity contribution >= 4 is 5.97 Å². The van der Waals surface area contributed by atoms with Crippen LogP contribution in [-0.2, 0) is 11.2 Å². The van der Waals surface area contributed by atoms with Gasteiger partial charge in [-0.25, -0.2) is 4.79 Å². The van der Waals surface area contributed by atoms with Crippen molar-refractivity contribution < 1.29 is 24.5 Å². The summed E-state index contributed by atoms with van der Waals surface area (Å²) in [5.41, 5.74) is 0.0400. The number of aromatic hydroxyl groups is 1. The van der Waals surface area contributed by atoms with Crippen LogP contribution >= 0.6 is 0 Å². The first kappa shape index (κ1) is 12.7. The minimum atomic E-state index is -0.753. The van der Waals surface area contributed by atoms with Gasteiger partial charge in [0.15, 0.2) is 11.5 Å². The minimum Gasteiger partial charge on any atom is -0.504 e. The first-order chi connectivity index (χ1) is 8.49. The van der Waals surface area contributed by atoms with E-state index < -0.39 is 11.6 Å². The molecule has 0 aromatic heterocycles. The summed E-state index contributed by atoms with van der Waals surface area (Å²) in [7, 11) is 2.70. The molecule has 0 saturated heterocycles. The van der Waals surface area contributed by atoms with Gasteiger partial charge in [-0.3, -0.25) is 0 Å². The number of esters is 1. The van der Waals surface area contributed by atoms with E-state index in [1.54, 1.807) is 0 Å². The number of carbonyl (C=O) groups is 1. The molecule has 98 valence electrons. The third-order valence-electron chi connectivity index (χ3n) is 3.14. The Morgan fingerprint density at radius 1 is 1.39 bits per heavy atom. The van der Waals surface area contributed by atoms with Crippen molar-refractivity contribution in [2.24, 2.45) is 0 Å². The fourth-order valence-electron chi connectivity index (χ4n) is 1.87. The summed E-state index contributed by atoms with van der Waals surface area (Å²) in [5.74, 6) is -0.333. The average molecular weight is 252 g/mol. The van der Waals surface area contributed by atoms with Crippen LogP contribution in [0.15, 0.2) is 12.1 Å². The fraction of sp³-hybridized carbons (Fsp3) is 0.462. The van der Waals surface area contributed by atoms with E-state index in [1.165, 1.54) is 26.4 Å². The Morgan fingerprint density at radius 3 is 2.56 bits per heavy atom. The Kier molecular flexibility index (Phi) is 3.17. The lowest BCUT2D eigenvalue weighted by atomic mass is 10.0. The van der Waals surface area contributed by atoms with E-state index >= 15 is 0 Å². The molecule has 0 heterocycles. The molecule has 0 amide bonds. The Bertz CT molecular complexity index is 477. The zero-order chi connectivity index (χ0) is 13.3. The zero-order valence-corrected chi connectivity index (χ0v) is 10.4. The molecule has 1 saturated carbocycles. The summed E-state index contributed by atoms with van der Waals surface area (Å²) < 4.78 is 9.65. The number of benzene rings is 1. The van der Waals surface area contributed by atoms with Crippen molar-refractivity contribution in [3.63, 3.8) is 0 Å². The van der Waals surface area contributed by atoms with Gasteiger partial charge >= 0.3 is 5.97 Å². The van der Waals surface area contributed by atoms with E-state index in [1.807, 2.05) is 0 Å². The molecule has 1 fully saturated rings. The lowest BCUT2D eigenvalue weighted by molar-refractivity contribution is 0.0599. The van der Waals surface area contributed by atoms with Gasteiger partial charge in [0.05, 0.1) is 25.4 Å². The highest BCUT2D eigenvalue weighted by Gasteiger charge is 2.41. The molecule has 18 heavy (non-hydrogen) atoms. The van der Waals surface area contributed by atoms with Gasteiger partial charge in [-0.1, -0.05) is 0 Å². The largest absolute Gasteiger partial charge is 0.504 e. The maximum atomic E-state index is 11.5. The van der Waals surface area contributed by atoms with Crippen molar-refractivity contribution in [3.05, 3.63) is 23.3 Å². The predicted octanol–water partition coefficient (Wildman–Crippen LogP) is 1.25. The number of ether oxygens (including phenoxy) is 2. The number of rotatable bonds is 4. The van der Waals surface area contributed by atoms with E-state index in [4.69, 9.17) is 4.74 Å². The molecule has 1 aliphatic rings. The van der Waals surface area contributed by atoms with E-state index in [2.05, 4.69) is 4.74 Å². The van der Waals surface area contributed by atoms with E-state index in [-0.39, 0.29) is 11.5 Å². The molecule has 0 atom stereocenters. The molecule has 0 aliphatic heterocycles. The molecule has 0 unspecified atom stereocenters. The van der Waals surface area contributed by atoms with Gasteiger partial charge in [0, 0.05) is 12.0 Å². The van der Waals surface area contributed by atoms with Crippen molar-refractivity contribution in [3.8, 4) is 11.5 Å². The molecule has 5 heteroatoms. The molecular formula is C13H16O5. The van der Waals surface area contributed by atoms with E-state index in [0.29, 0.717) is 30.4 Å². The Hall–Kier alpha value is -1.75. The molecule has 1 aliphatic carbocycles. The van der Waals surface area contributed by atoms with Crippen molar-refractivity contribution in [2.45, 2.75) is 24.9 Å². The number of phenols is 1. The normalized spacial score (nSPS) is 16.2. The minimum absolute atomic E-state index is 0.0366. The quantitative estimate of drug-likeness (QED) is 0.789. The third-order valence-corrected chi connectivity index (χ3v) is 3.14. The highest BCUT2D eigenvalue weighted by atomic mass is 16.5. The number of hydrogen-bond acceptors (Lipinski definition) is 5. The third kappa shape index (κ3) is 2.41. The lowest BCUT2D eigenvalue weighted by Gasteiger charge is -2.13. The van der Waals surface area contributed by atoms with Crippen LogP contribution in [0, 0.1) is 0 Å². The topological polar surface area (TPSA) is 76.0 Å². The first-order valence-electron chi connectivity index (χ1n) is 5.69. The Labute approximate surface area is 105 Å². The monoisotopic (exact) mass is 252 g/mol. The summed E-state index contributed by atoms with van der Waals surface area (Å²) in [6.07, 6.45) is 1.72. The van der Waals surface area contributed by atoms with Gasteiger partial charge in [0.25, 0.3) is 0 Å². The van der Waals surface area contributed by atoms with Crippen LogP contribution in [0.5, 0.6) is 11.5 Å². The summed E-state index contributed by atoms with van der Waals surface area (Å²) in [5, 5.41) is 19.9. The average Bonchev–Trinajstić information content (AvgIpc) is 3.08. The summed E-state index contributed by atoms with van der Waals surface area (Å²) in [6, 6.07) is 2.95. The summed E-state index contributed by atoms with van der Waals surface area (Å²) >= 11 is 0. The summed E-state index contributed by atoms with van der Waals surface area (Å²) in [4.78, 5) is 11.5. The fourth-order valence-corrected chi connectivity index (χ4v) is 1.87. The Morgan fingerprint density at radius 2 is 2.06 bits per heavy atom. The number of methoxy groups -OCH3 is 2. The SMILES string of the molecule is COC(=O)c1cc(CC2(O)CC2)c(O)c(OC)c1. The van der Waals surface area contributed by atoms with E-state index in [9.17, 15) is 15.0 Å². The van der Waals surface area contributed by atoms with Crippen LogP contribution < -0.4 is 4.74 Å². The molecule has 0 spiro atoms. The highest BCUT2D eigenvalue weighted by Crippen LogP contribution is 2.42. The molecule has 5 nitrogen and oxygen atoms in total. The lowest BCUT2D eigenvalue weighted by Crippen LogP contribution is -2.12. The standard InChI is InChI=1S/C13H16O5/c1-17-10-6-8(12(15)18-2)5-9(11(10)14)7-13(16)3-4-13/h5-6,14,16H,3-4,7H2,1-2H3. The smallest absolute Gasteiger partial charge is 0.337 e. The maximum absolute atomic E-state index is 11.5. The van der Waals surface area contributed by atoms with Gasteiger partial charge in [0.1, 0.15) is 0 Å². The molecule has 0 bridgehead atoms. The van der Waals surface area contributed by atoms with Crippen molar-refractivity contribution in [2.75, 3.05) is 14.2 Å². The second-order valence-corrected chi connectivity index (χ2v) is 4.58. The van der Waals surface area contributed by atoms with Crippen molar-refractivity contribution in [1.29, 1.82) is 0 Å². The van der Waals surface area contributed by atoms with Crippen LogP contribution in [0.3, 0.4) is 0 Å². The molecule has 2 rings (SSSR count). The number of aliphatic hydroxyl groups is 1. The van der Waals surface area contributed by atoms with Crippen LogP contribution in [0.1, 0.15) is 28.8 Å². The zero-order valence-electron chi connectivity index (χ0n) is 10.4. The molecule has 1 aromatic rings. The van der Waals surface area contributed by atoms with Gasteiger partial charge in [-0.05, 0) is 25.0 Å². The molecule has 0 radical (unpaired) electrons. The summed E-state index contributed by atoms with van der Waals surface area (Å²) in [6.45, 7) is 0. The number of hydrogen-bond donors (Lipinski definition) is 2. The maximum Gasteiger partial charge on any atom is 0.337 e. The van der Waals surface area contributed by atoms with Crippen molar-refractivity contribution in [1.82, 2.24) is 0 Å². The molecular weight excluding hydrogens is 236 g/mol. The predicted molar refractivity (Wildman–Crippen MR) is 63.9 cm³/mol.